The third-order valence-corrected chi connectivity index (χ3v) is 4.69. The number of benzene rings is 1. The van der Waals surface area contributed by atoms with Crippen LogP contribution in [0.25, 0.3) is 0 Å². The van der Waals surface area contributed by atoms with Crippen molar-refractivity contribution in [3.8, 4) is 6.07 Å². The van der Waals surface area contributed by atoms with Crippen LogP contribution in [0.3, 0.4) is 0 Å². The number of hydrogen-bond acceptors (Lipinski definition) is 4. The molecule has 1 aromatic carbocycles. The quantitative estimate of drug-likeness (QED) is 0.659. The highest BCUT2D eigenvalue weighted by Gasteiger charge is 2.24. The fourth-order valence-corrected chi connectivity index (χ4v) is 3.09. The van der Waals surface area contributed by atoms with Crippen molar-refractivity contribution < 1.29 is 9.21 Å². The molecule has 0 fully saturated rings. The minimum Gasteiger partial charge on any atom is -0.454 e. The number of carbonyl (C=O) groups excluding carboxylic acids is 1. The minimum absolute atomic E-state index is 0.128. The van der Waals surface area contributed by atoms with E-state index in [9.17, 15) is 9.59 Å². The zero-order valence-electron chi connectivity index (χ0n) is 15.8. The third kappa shape index (κ3) is 4.04. The van der Waals surface area contributed by atoms with Gasteiger partial charge in [0.2, 0.25) is 0 Å². The number of nitrogens with zero attached hydrogens (tertiary/aromatic N) is 3. The fourth-order valence-electron chi connectivity index (χ4n) is 3.09. The second-order valence-electron chi connectivity index (χ2n) is 6.43. The number of pyridine rings is 1. The van der Waals surface area contributed by atoms with Gasteiger partial charge in [-0.2, -0.15) is 5.26 Å². The van der Waals surface area contributed by atoms with Gasteiger partial charge in [0, 0.05) is 18.8 Å². The Labute approximate surface area is 163 Å². The summed E-state index contributed by atoms with van der Waals surface area (Å²) in [6, 6.07) is 17.4. The van der Waals surface area contributed by atoms with Crippen LogP contribution in [-0.4, -0.2) is 21.9 Å². The predicted molar refractivity (Wildman–Crippen MR) is 105 cm³/mol. The van der Waals surface area contributed by atoms with Gasteiger partial charge in [0.25, 0.3) is 11.5 Å². The molecule has 2 heterocycles. The zero-order chi connectivity index (χ0) is 20.1. The lowest BCUT2D eigenvalue weighted by Crippen LogP contribution is -2.33. The molecule has 2 aromatic heterocycles. The normalized spacial score (nSPS) is 11.6. The van der Waals surface area contributed by atoms with E-state index in [2.05, 4.69) is 6.07 Å². The van der Waals surface area contributed by atoms with Crippen molar-refractivity contribution in [2.24, 2.45) is 0 Å². The van der Waals surface area contributed by atoms with E-state index in [0.29, 0.717) is 17.9 Å². The molecule has 6 nitrogen and oxygen atoms in total. The highest BCUT2D eigenvalue weighted by Crippen LogP contribution is 2.23. The van der Waals surface area contributed by atoms with Gasteiger partial charge in [-0.15, -0.1) is 0 Å². The average molecular weight is 375 g/mol. The number of aromatic nitrogens is 1. The summed E-state index contributed by atoms with van der Waals surface area (Å²) in [5.41, 5.74) is 1.39. The molecule has 1 atom stereocenters. The Morgan fingerprint density at radius 1 is 1.18 bits per heavy atom. The van der Waals surface area contributed by atoms with E-state index >= 15 is 0 Å². The van der Waals surface area contributed by atoms with Gasteiger partial charge in [0.05, 0.1) is 24.2 Å². The van der Waals surface area contributed by atoms with Crippen LogP contribution in [0.5, 0.6) is 0 Å². The molecule has 0 saturated heterocycles. The molecular weight excluding hydrogens is 354 g/mol. The summed E-state index contributed by atoms with van der Waals surface area (Å²) in [7, 11) is 0. The molecule has 0 saturated carbocycles. The van der Waals surface area contributed by atoms with Crippen LogP contribution in [0, 0.1) is 11.3 Å². The zero-order valence-corrected chi connectivity index (χ0v) is 15.8. The predicted octanol–water partition coefficient (Wildman–Crippen LogP) is 3.58. The van der Waals surface area contributed by atoms with E-state index in [0.717, 1.165) is 5.56 Å². The fraction of sp³-hybridized carbons (Fsp3) is 0.227. The van der Waals surface area contributed by atoms with E-state index in [4.69, 9.17) is 9.68 Å². The first-order chi connectivity index (χ1) is 13.5. The summed E-state index contributed by atoms with van der Waals surface area (Å²) in [6.07, 6.45) is 1.68. The van der Waals surface area contributed by atoms with E-state index in [1.165, 1.54) is 10.6 Å². The highest BCUT2D eigenvalue weighted by molar-refractivity contribution is 5.91. The largest absolute Gasteiger partial charge is 0.454 e. The van der Waals surface area contributed by atoms with Crippen molar-refractivity contribution in [2.75, 3.05) is 6.54 Å². The van der Waals surface area contributed by atoms with Gasteiger partial charge in [0.1, 0.15) is 5.76 Å². The average Bonchev–Trinajstić information content (AvgIpc) is 3.19. The van der Waals surface area contributed by atoms with Crippen molar-refractivity contribution in [1.29, 1.82) is 5.26 Å². The lowest BCUT2D eigenvalue weighted by atomic mass is 10.0. The number of carbonyl (C=O) groups is 1. The number of hydrogen-bond donors (Lipinski definition) is 0. The number of furan rings is 1. The molecule has 0 radical (unpaired) electrons. The van der Waals surface area contributed by atoms with Crippen LogP contribution < -0.4 is 5.56 Å². The Bertz CT molecular complexity index is 1060. The Morgan fingerprint density at radius 2 is 1.93 bits per heavy atom. The van der Waals surface area contributed by atoms with Crippen LogP contribution in [0.1, 0.15) is 47.3 Å². The summed E-state index contributed by atoms with van der Waals surface area (Å²) in [5, 5.41) is 8.94. The van der Waals surface area contributed by atoms with Gasteiger partial charge >= 0.3 is 0 Å². The van der Waals surface area contributed by atoms with Gasteiger partial charge in [-0.3, -0.25) is 9.59 Å². The molecule has 0 aliphatic rings. The highest BCUT2D eigenvalue weighted by atomic mass is 16.4. The monoisotopic (exact) mass is 375 g/mol. The third-order valence-electron chi connectivity index (χ3n) is 4.69. The molecule has 0 N–H and O–H groups in total. The SMILES string of the molecule is CCN(C(=O)c1ccc(Cn2ccccc2=O)o1)C(C)c1ccc(C#N)cc1. The number of amides is 1. The molecule has 0 bridgehead atoms. The van der Waals surface area contributed by atoms with E-state index in [1.807, 2.05) is 26.0 Å². The van der Waals surface area contributed by atoms with Crippen molar-refractivity contribution in [2.45, 2.75) is 26.4 Å². The molecule has 6 heteroatoms. The van der Waals surface area contributed by atoms with Crippen molar-refractivity contribution in [3.05, 3.63) is 93.8 Å². The van der Waals surface area contributed by atoms with Gasteiger partial charge in [-0.05, 0) is 49.7 Å². The topological polar surface area (TPSA) is 79.2 Å². The summed E-state index contributed by atoms with van der Waals surface area (Å²) in [4.78, 5) is 26.5. The van der Waals surface area contributed by atoms with Crippen molar-refractivity contribution in [1.82, 2.24) is 9.47 Å². The Balaban J connectivity index is 1.77. The summed E-state index contributed by atoms with van der Waals surface area (Å²) < 4.78 is 7.23. The second kappa shape index (κ2) is 8.40. The molecular formula is C22H21N3O3. The molecule has 1 amide bonds. The number of nitriles is 1. The lowest BCUT2D eigenvalue weighted by molar-refractivity contribution is 0.0667. The second-order valence-corrected chi connectivity index (χ2v) is 6.43. The molecule has 28 heavy (non-hydrogen) atoms. The summed E-state index contributed by atoms with van der Waals surface area (Å²) >= 11 is 0. The van der Waals surface area contributed by atoms with Gasteiger partial charge in [-0.1, -0.05) is 18.2 Å². The summed E-state index contributed by atoms with van der Waals surface area (Å²) in [5.74, 6) is 0.561. The van der Waals surface area contributed by atoms with Crippen molar-refractivity contribution in [3.63, 3.8) is 0 Å². The maximum Gasteiger partial charge on any atom is 0.290 e. The standard InChI is InChI=1S/C22H21N3O3/c1-3-25(16(2)18-9-7-17(14-23)8-10-18)22(27)20-12-11-19(28-20)15-24-13-5-4-6-21(24)26/h4-13,16H,3,15H2,1-2H3. The van der Waals surface area contributed by atoms with Crippen molar-refractivity contribution >= 4 is 5.91 Å². The molecule has 3 rings (SSSR count). The Hall–Kier alpha value is -3.59. The molecule has 0 aliphatic heterocycles. The maximum atomic E-state index is 13.0. The minimum atomic E-state index is -0.217. The number of rotatable bonds is 6. The van der Waals surface area contributed by atoms with Crippen LogP contribution in [0.15, 0.2) is 70.0 Å². The van der Waals surface area contributed by atoms with E-state index in [1.54, 1.807) is 47.5 Å². The molecule has 1 unspecified atom stereocenters. The van der Waals surface area contributed by atoms with Gasteiger partial charge in [0.15, 0.2) is 5.76 Å². The first-order valence-corrected chi connectivity index (χ1v) is 9.08. The first kappa shape index (κ1) is 19.2. The van der Waals surface area contributed by atoms with Crippen LogP contribution in [0.4, 0.5) is 0 Å². The molecule has 0 spiro atoms. The summed E-state index contributed by atoms with van der Waals surface area (Å²) in [6.45, 7) is 4.63. The molecule has 0 aliphatic carbocycles. The smallest absolute Gasteiger partial charge is 0.290 e. The van der Waals surface area contributed by atoms with Gasteiger partial charge in [-0.25, -0.2) is 0 Å². The first-order valence-electron chi connectivity index (χ1n) is 9.08. The van der Waals surface area contributed by atoms with Crippen LogP contribution in [-0.2, 0) is 6.54 Å². The Kier molecular flexibility index (Phi) is 5.75. The molecule has 3 aromatic rings. The maximum absolute atomic E-state index is 13.0. The van der Waals surface area contributed by atoms with Crippen LogP contribution in [0.2, 0.25) is 0 Å². The Morgan fingerprint density at radius 3 is 2.57 bits per heavy atom. The van der Waals surface area contributed by atoms with Gasteiger partial charge < -0.3 is 13.9 Å². The van der Waals surface area contributed by atoms with E-state index in [-0.39, 0.29) is 29.8 Å². The van der Waals surface area contributed by atoms with Crippen LogP contribution >= 0.6 is 0 Å². The lowest BCUT2D eigenvalue weighted by Gasteiger charge is -2.27. The molecule has 142 valence electrons. The van der Waals surface area contributed by atoms with E-state index < -0.39 is 0 Å².